The van der Waals surface area contributed by atoms with Gasteiger partial charge in [-0.05, 0) is 41.4 Å². The van der Waals surface area contributed by atoms with Crippen molar-refractivity contribution in [2.24, 2.45) is 0 Å². The minimum absolute atomic E-state index is 0.187. The second-order valence-electron chi connectivity index (χ2n) is 4.30. The number of carbonyl (C=O) groups excluding carboxylic acids is 2. The van der Waals surface area contributed by atoms with Gasteiger partial charge in [0.05, 0.1) is 6.42 Å². The Labute approximate surface area is 121 Å². The molecule has 0 saturated heterocycles. The number of benzene rings is 1. The fourth-order valence-corrected chi connectivity index (χ4v) is 2.29. The van der Waals surface area contributed by atoms with Crippen LogP contribution in [0.4, 0.5) is 5.69 Å². The van der Waals surface area contributed by atoms with E-state index in [9.17, 15) is 9.59 Å². The van der Waals surface area contributed by atoms with Gasteiger partial charge in [0.15, 0.2) is 6.10 Å². The molecule has 1 aromatic heterocycles. The topological polar surface area (TPSA) is 55.4 Å². The predicted octanol–water partition coefficient (Wildman–Crippen LogP) is 2.86. The monoisotopic (exact) mass is 289 g/mol. The first kappa shape index (κ1) is 14.3. The number of anilines is 1. The number of amides is 1. The summed E-state index contributed by atoms with van der Waals surface area (Å²) in [6, 6.07) is 10.9. The summed E-state index contributed by atoms with van der Waals surface area (Å²) < 4.78 is 5.11. The van der Waals surface area contributed by atoms with E-state index in [0.717, 1.165) is 5.56 Å². The SMILES string of the molecule is C[C@H](OC(=O)Cc1ccsc1)C(=O)Nc1ccccc1. The number of hydrogen-bond donors (Lipinski definition) is 1. The number of thiophene rings is 1. The molecule has 20 heavy (non-hydrogen) atoms. The molecule has 0 radical (unpaired) electrons. The summed E-state index contributed by atoms with van der Waals surface area (Å²) in [5, 5.41) is 6.47. The minimum atomic E-state index is -0.818. The highest BCUT2D eigenvalue weighted by Gasteiger charge is 2.18. The molecular weight excluding hydrogens is 274 g/mol. The molecule has 0 unspecified atom stereocenters. The van der Waals surface area contributed by atoms with E-state index in [-0.39, 0.29) is 12.3 Å². The van der Waals surface area contributed by atoms with Crippen LogP contribution in [-0.2, 0) is 20.7 Å². The number of hydrogen-bond acceptors (Lipinski definition) is 4. The van der Waals surface area contributed by atoms with Gasteiger partial charge in [-0.2, -0.15) is 11.3 Å². The molecule has 2 rings (SSSR count). The van der Waals surface area contributed by atoms with Crippen molar-refractivity contribution in [2.75, 3.05) is 5.32 Å². The molecule has 1 heterocycles. The van der Waals surface area contributed by atoms with E-state index in [2.05, 4.69) is 5.32 Å². The summed E-state index contributed by atoms with van der Waals surface area (Å²) in [6.45, 7) is 1.56. The van der Waals surface area contributed by atoms with E-state index in [1.807, 2.05) is 35.0 Å². The molecule has 0 aliphatic heterocycles. The van der Waals surface area contributed by atoms with Crippen LogP contribution in [0.15, 0.2) is 47.2 Å². The highest BCUT2D eigenvalue weighted by Crippen LogP contribution is 2.09. The van der Waals surface area contributed by atoms with Crippen molar-refractivity contribution in [2.45, 2.75) is 19.4 Å². The summed E-state index contributed by atoms with van der Waals surface area (Å²) in [7, 11) is 0. The molecule has 0 saturated carbocycles. The van der Waals surface area contributed by atoms with Crippen LogP contribution >= 0.6 is 11.3 Å². The van der Waals surface area contributed by atoms with Gasteiger partial charge in [-0.25, -0.2) is 0 Å². The molecule has 0 fully saturated rings. The quantitative estimate of drug-likeness (QED) is 0.861. The molecule has 0 aliphatic rings. The van der Waals surface area contributed by atoms with Crippen LogP contribution in [0.2, 0.25) is 0 Å². The number of esters is 1. The number of ether oxygens (including phenoxy) is 1. The zero-order valence-electron chi connectivity index (χ0n) is 11.0. The van der Waals surface area contributed by atoms with E-state index in [1.54, 1.807) is 19.1 Å². The van der Waals surface area contributed by atoms with Gasteiger partial charge in [-0.15, -0.1) is 0 Å². The van der Waals surface area contributed by atoms with Crippen LogP contribution in [0.25, 0.3) is 0 Å². The van der Waals surface area contributed by atoms with Crippen molar-refractivity contribution in [3.05, 3.63) is 52.7 Å². The number of carbonyl (C=O) groups is 2. The average molecular weight is 289 g/mol. The Bertz CT molecular complexity index is 566. The highest BCUT2D eigenvalue weighted by molar-refractivity contribution is 7.07. The van der Waals surface area contributed by atoms with Crippen molar-refractivity contribution in [3.8, 4) is 0 Å². The zero-order valence-corrected chi connectivity index (χ0v) is 11.9. The normalized spacial score (nSPS) is 11.7. The second kappa shape index (κ2) is 6.86. The summed E-state index contributed by atoms with van der Waals surface area (Å²) in [5.74, 6) is -0.742. The van der Waals surface area contributed by atoms with Gasteiger partial charge in [0.2, 0.25) is 0 Å². The lowest BCUT2D eigenvalue weighted by Gasteiger charge is -2.13. The molecule has 104 valence electrons. The minimum Gasteiger partial charge on any atom is -0.452 e. The number of nitrogens with one attached hydrogen (secondary N) is 1. The fourth-order valence-electron chi connectivity index (χ4n) is 1.62. The predicted molar refractivity (Wildman–Crippen MR) is 78.6 cm³/mol. The van der Waals surface area contributed by atoms with E-state index < -0.39 is 12.1 Å². The first-order valence-corrected chi connectivity index (χ1v) is 7.16. The molecule has 1 aromatic carbocycles. The number of rotatable bonds is 5. The molecular formula is C15H15NO3S. The van der Waals surface area contributed by atoms with E-state index in [1.165, 1.54) is 11.3 Å². The number of para-hydroxylation sites is 1. The Morgan fingerprint density at radius 1 is 1.25 bits per heavy atom. The summed E-state index contributed by atoms with van der Waals surface area (Å²) >= 11 is 1.52. The van der Waals surface area contributed by atoms with E-state index in [4.69, 9.17) is 4.74 Å². The fraction of sp³-hybridized carbons (Fsp3) is 0.200. The van der Waals surface area contributed by atoms with Crippen LogP contribution in [0.1, 0.15) is 12.5 Å². The molecule has 5 heteroatoms. The smallest absolute Gasteiger partial charge is 0.311 e. The van der Waals surface area contributed by atoms with Gasteiger partial charge in [0.1, 0.15) is 0 Å². The third-order valence-corrected chi connectivity index (χ3v) is 3.38. The lowest BCUT2D eigenvalue weighted by molar-refractivity contribution is -0.152. The van der Waals surface area contributed by atoms with Gasteiger partial charge in [-0.1, -0.05) is 18.2 Å². The average Bonchev–Trinajstić information content (AvgIpc) is 2.92. The third-order valence-electron chi connectivity index (χ3n) is 2.65. The molecule has 0 spiro atoms. The Balaban J connectivity index is 1.83. The van der Waals surface area contributed by atoms with Gasteiger partial charge >= 0.3 is 5.97 Å². The van der Waals surface area contributed by atoms with Crippen molar-refractivity contribution >= 4 is 28.9 Å². The van der Waals surface area contributed by atoms with Crippen molar-refractivity contribution < 1.29 is 14.3 Å². The molecule has 1 N–H and O–H groups in total. The lowest BCUT2D eigenvalue weighted by atomic mass is 10.2. The van der Waals surface area contributed by atoms with Crippen LogP contribution in [0.5, 0.6) is 0 Å². The van der Waals surface area contributed by atoms with Crippen molar-refractivity contribution in [1.82, 2.24) is 0 Å². The largest absolute Gasteiger partial charge is 0.452 e. The van der Waals surface area contributed by atoms with Gasteiger partial charge in [0.25, 0.3) is 5.91 Å². The second-order valence-corrected chi connectivity index (χ2v) is 5.08. The van der Waals surface area contributed by atoms with E-state index in [0.29, 0.717) is 5.69 Å². The van der Waals surface area contributed by atoms with Crippen LogP contribution in [0.3, 0.4) is 0 Å². The van der Waals surface area contributed by atoms with Gasteiger partial charge < -0.3 is 10.1 Å². The maximum atomic E-state index is 11.9. The molecule has 0 aliphatic carbocycles. The molecule has 4 nitrogen and oxygen atoms in total. The summed E-state index contributed by atoms with van der Waals surface area (Å²) in [4.78, 5) is 23.5. The summed E-state index contributed by atoms with van der Waals surface area (Å²) in [6.07, 6.45) is -0.631. The highest BCUT2D eigenvalue weighted by atomic mass is 32.1. The lowest BCUT2D eigenvalue weighted by Crippen LogP contribution is -2.30. The maximum Gasteiger partial charge on any atom is 0.311 e. The zero-order chi connectivity index (χ0) is 14.4. The van der Waals surface area contributed by atoms with Crippen molar-refractivity contribution in [3.63, 3.8) is 0 Å². The van der Waals surface area contributed by atoms with Crippen molar-refractivity contribution in [1.29, 1.82) is 0 Å². The standard InChI is InChI=1S/C15H15NO3S/c1-11(15(18)16-13-5-3-2-4-6-13)19-14(17)9-12-7-8-20-10-12/h2-8,10-11H,9H2,1H3,(H,16,18)/t11-/m0/s1. The molecule has 1 amide bonds. The Hall–Kier alpha value is -2.14. The summed E-state index contributed by atoms with van der Waals surface area (Å²) in [5.41, 5.74) is 1.58. The van der Waals surface area contributed by atoms with Crippen LogP contribution in [0, 0.1) is 0 Å². The first-order chi connectivity index (χ1) is 9.65. The Morgan fingerprint density at radius 2 is 2.00 bits per heavy atom. The van der Waals surface area contributed by atoms with E-state index >= 15 is 0 Å². The Kier molecular flexibility index (Phi) is 4.90. The third kappa shape index (κ3) is 4.20. The first-order valence-electron chi connectivity index (χ1n) is 6.21. The maximum absolute atomic E-state index is 11.9. The molecule has 2 aromatic rings. The van der Waals surface area contributed by atoms with Crippen LogP contribution < -0.4 is 5.32 Å². The Morgan fingerprint density at radius 3 is 2.65 bits per heavy atom. The van der Waals surface area contributed by atoms with Gasteiger partial charge in [-0.3, -0.25) is 9.59 Å². The molecule has 1 atom stereocenters. The van der Waals surface area contributed by atoms with Crippen LogP contribution in [-0.4, -0.2) is 18.0 Å². The molecule has 0 bridgehead atoms. The van der Waals surface area contributed by atoms with Gasteiger partial charge in [0, 0.05) is 5.69 Å².